The summed E-state index contributed by atoms with van der Waals surface area (Å²) in [5.74, 6) is 1.48. The summed E-state index contributed by atoms with van der Waals surface area (Å²) in [6.07, 6.45) is 0.826. The minimum atomic E-state index is 0.470. The van der Waals surface area contributed by atoms with E-state index in [0.717, 1.165) is 50.8 Å². The molecule has 5 nitrogen and oxygen atoms in total. The fraction of sp³-hybridized carbons (Fsp3) is 0.200. The van der Waals surface area contributed by atoms with Crippen molar-refractivity contribution in [2.24, 2.45) is 5.73 Å². The number of anilines is 1. The first-order valence-electron chi connectivity index (χ1n) is 8.62. The minimum Gasteiger partial charge on any atom is -0.382 e. The van der Waals surface area contributed by atoms with E-state index < -0.39 is 0 Å². The van der Waals surface area contributed by atoms with Crippen LogP contribution in [0.5, 0.6) is 0 Å². The molecule has 2 heterocycles. The molecule has 2 aromatic heterocycles. The van der Waals surface area contributed by atoms with E-state index in [2.05, 4.69) is 62.7 Å². The van der Waals surface area contributed by atoms with E-state index in [1.165, 1.54) is 5.56 Å². The third-order valence-corrected chi connectivity index (χ3v) is 5.15. The van der Waals surface area contributed by atoms with Crippen molar-refractivity contribution < 1.29 is 0 Å². The van der Waals surface area contributed by atoms with Crippen LogP contribution in [0.15, 0.2) is 46.9 Å². The van der Waals surface area contributed by atoms with Crippen molar-refractivity contribution in [2.45, 2.75) is 26.4 Å². The average molecular weight is 410 g/mol. The topological polar surface area (TPSA) is 82.8 Å². The predicted molar refractivity (Wildman–Crippen MR) is 110 cm³/mol. The van der Waals surface area contributed by atoms with Gasteiger partial charge in [0.1, 0.15) is 11.3 Å². The second-order valence-corrected chi connectivity index (χ2v) is 7.26. The highest BCUT2D eigenvalue weighted by Crippen LogP contribution is 2.31. The van der Waals surface area contributed by atoms with E-state index in [-0.39, 0.29) is 0 Å². The van der Waals surface area contributed by atoms with Gasteiger partial charge in [-0.2, -0.15) is 0 Å². The van der Waals surface area contributed by atoms with Crippen LogP contribution in [0.4, 0.5) is 5.82 Å². The zero-order valence-electron chi connectivity index (χ0n) is 14.5. The number of rotatable bonds is 4. The van der Waals surface area contributed by atoms with Crippen molar-refractivity contribution in [1.82, 2.24) is 14.5 Å². The van der Waals surface area contributed by atoms with Gasteiger partial charge in [-0.05, 0) is 29.3 Å². The van der Waals surface area contributed by atoms with Gasteiger partial charge < -0.3 is 16.0 Å². The Bertz CT molecular complexity index is 1100. The molecule has 0 saturated heterocycles. The molecule has 0 amide bonds. The molecule has 0 atom stereocenters. The number of pyridine rings is 1. The summed E-state index contributed by atoms with van der Waals surface area (Å²) in [6, 6.07) is 14.5. The summed E-state index contributed by atoms with van der Waals surface area (Å²) in [6.45, 7) is 3.40. The maximum atomic E-state index is 6.22. The molecule has 0 spiro atoms. The molecule has 4 rings (SSSR count). The van der Waals surface area contributed by atoms with Crippen LogP contribution in [-0.2, 0) is 19.5 Å². The number of hydrogen-bond donors (Lipinski definition) is 2. The number of nitrogens with two attached hydrogens (primary N) is 2. The van der Waals surface area contributed by atoms with Gasteiger partial charge in [-0.1, -0.05) is 47.1 Å². The molecule has 0 unspecified atom stereocenters. The molecule has 132 valence electrons. The lowest BCUT2D eigenvalue weighted by molar-refractivity contribution is 0.754. The van der Waals surface area contributed by atoms with Gasteiger partial charge in [0.25, 0.3) is 0 Å². The predicted octanol–water partition coefficient (Wildman–Crippen LogP) is 4.00. The third kappa shape index (κ3) is 2.85. The summed E-state index contributed by atoms with van der Waals surface area (Å²) < 4.78 is 3.23. The first-order valence-corrected chi connectivity index (χ1v) is 9.41. The quantitative estimate of drug-likeness (QED) is 0.533. The van der Waals surface area contributed by atoms with Crippen LogP contribution in [0.2, 0.25) is 0 Å². The zero-order valence-corrected chi connectivity index (χ0v) is 16.1. The molecular weight excluding hydrogens is 390 g/mol. The summed E-state index contributed by atoms with van der Waals surface area (Å²) in [5, 5.41) is 1.06. The molecule has 0 radical (unpaired) electrons. The second kappa shape index (κ2) is 6.70. The third-order valence-electron chi connectivity index (χ3n) is 4.66. The van der Waals surface area contributed by atoms with Crippen molar-refractivity contribution in [2.75, 3.05) is 5.73 Å². The van der Waals surface area contributed by atoms with Crippen LogP contribution in [0.1, 0.15) is 23.9 Å². The molecule has 0 saturated carbocycles. The van der Waals surface area contributed by atoms with Crippen LogP contribution in [0.3, 0.4) is 0 Å². The number of nitrogen functional groups attached to an aromatic ring is 1. The minimum absolute atomic E-state index is 0.470. The lowest BCUT2D eigenvalue weighted by Crippen LogP contribution is -2.05. The van der Waals surface area contributed by atoms with Gasteiger partial charge in [0.2, 0.25) is 0 Å². The maximum Gasteiger partial charge on any atom is 0.152 e. The lowest BCUT2D eigenvalue weighted by atomic mass is 10.1. The molecule has 0 aliphatic carbocycles. The van der Waals surface area contributed by atoms with Crippen molar-refractivity contribution in [3.63, 3.8) is 0 Å². The molecule has 6 heteroatoms. The molecule has 4 N–H and O–H groups in total. The smallest absolute Gasteiger partial charge is 0.152 e. The van der Waals surface area contributed by atoms with Gasteiger partial charge in [0, 0.05) is 29.4 Å². The number of imidazole rings is 1. The monoisotopic (exact) mass is 409 g/mol. The normalized spacial score (nSPS) is 11.5. The Labute approximate surface area is 160 Å². The Balaban J connectivity index is 1.95. The number of aromatic nitrogens is 3. The average Bonchev–Trinajstić information content (AvgIpc) is 3.01. The number of halogens is 1. The Morgan fingerprint density at radius 3 is 2.46 bits per heavy atom. The SMILES string of the molecule is CCc1nc2c(N)nc3cc(Br)ccc3c2n1Cc1ccc(CN)cc1. The molecule has 4 aromatic rings. The van der Waals surface area contributed by atoms with Gasteiger partial charge in [0.05, 0.1) is 11.0 Å². The van der Waals surface area contributed by atoms with Crippen LogP contribution < -0.4 is 11.5 Å². The Morgan fingerprint density at radius 2 is 1.77 bits per heavy atom. The Kier molecular flexibility index (Phi) is 4.38. The Hall–Kier alpha value is -2.44. The number of hydrogen-bond acceptors (Lipinski definition) is 4. The molecule has 0 bridgehead atoms. The summed E-state index contributed by atoms with van der Waals surface area (Å²) in [7, 11) is 0. The summed E-state index contributed by atoms with van der Waals surface area (Å²) in [5.41, 5.74) is 16.9. The van der Waals surface area contributed by atoms with Gasteiger partial charge >= 0.3 is 0 Å². The highest BCUT2D eigenvalue weighted by atomic mass is 79.9. The maximum absolute atomic E-state index is 6.22. The lowest BCUT2D eigenvalue weighted by Gasteiger charge is -2.11. The van der Waals surface area contributed by atoms with Crippen LogP contribution in [-0.4, -0.2) is 14.5 Å². The largest absolute Gasteiger partial charge is 0.382 e. The van der Waals surface area contributed by atoms with Crippen molar-refractivity contribution in [3.05, 3.63) is 63.9 Å². The van der Waals surface area contributed by atoms with Crippen LogP contribution in [0.25, 0.3) is 21.9 Å². The fourth-order valence-electron chi connectivity index (χ4n) is 3.33. The highest BCUT2D eigenvalue weighted by molar-refractivity contribution is 9.10. The van der Waals surface area contributed by atoms with Crippen molar-refractivity contribution in [3.8, 4) is 0 Å². The van der Waals surface area contributed by atoms with E-state index >= 15 is 0 Å². The molecule has 0 fully saturated rings. The molecule has 0 aliphatic rings. The summed E-state index contributed by atoms with van der Waals surface area (Å²) >= 11 is 3.51. The molecule has 26 heavy (non-hydrogen) atoms. The first-order chi connectivity index (χ1) is 12.6. The van der Waals surface area contributed by atoms with E-state index in [0.29, 0.717) is 12.4 Å². The van der Waals surface area contributed by atoms with Crippen LogP contribution >= 0.6 is 15.9 Å². The van der Waals surface area contributed by atoms with Gasteiger partial charge in [-0.15, -0.1) is 0 Å². The highest BCUT2D eigenvalue weighted by Gasteiger charge is 2.17. The van der Waals surface area contributed by atoms with Crippen molar-refractivity contribution >= 4 is 43.7 Å². The van der Waals surface area contributed by atoms with Gasteiger partial charge in [-0.3, -0.25) is 0 Å². The van der Waals surface area contributed by atoms with Gasteiger partial charge in [0.15, 0.2) is 5.82 Å². The number of benzene rings is 2. The second-order valence-electron chi connectivity index (χ2n) is 6.34. The van der Waals surface area contributed by atoms with E-state index in [1.54, 1.807) is 0 Å². The zero-order chi connectivity index (χ0) is 18.3. The fourth-order valence-corrected chi connectivity index (χ4v) is 3.68. The standard InChI is InChI=1S/C20H20BrN5/c1-2-17-25-18-19(15-8-7-14(21)9-16(15)24-20(18)23)26(17)11-13-5-3-12(10-22)4-6-13/h3-9H,2,10-11,22H2,1H3,(H2,23,24). The van der Waals surface area contributed by atoms with Crippen LogP contribution in [0, 0.1) is 0 Å². The molecule has 2 aromatic carbocycles. The van der Waals surface area contributed by atoms with E-state index in [9.17, 15) is 0 Å². The number of nitrogens with zero attached hydrogens (tertiary/aromatic N) is 3. The summed E-state index contributed by atoms with van der Waals surface area (Å²) in [4.78, 5) is 9.32. The van der Waals surface area contributed by atoms with Crippen molar-refractivity contribution in [1.29, 1.82) is 0 Å². The first kappa shape index (κ1) is 17.0. The van der Waals surface area contributed by atoms with Gasteiger partial charge in [-0.25, -0.2) is 9.97 Å². The molecule has 0 aliphatic heterocycles. The van der Waals surface area contributed by atoms with E-state index in [1.807, 2.05) is 12.1 Å². The number of aryl methyl sites for hydroxylation is 1. The molecular formula is C20H20BrN5. The van der Waals surface area contributed by atoms with E-state index in [4.69, 9.17) is 16.5 Å². The number of fused-ring (bicyclic) bond motifs is 3. The Morgan fingerprint density at radius 1 is 1.04 bits per heavy atom.